The van der Waals surface area contributed by atoms with E-state index in [0.717, 1.165) is 12.0 Å². The van der Waals surface area contributed by atoms with Crippen LogP contribution in [-0.4, -0.2) is 31.0 Å². The number of amides is 1. The largest absolute Gasteiger partial charge is 0.496 e. The molecular formula is C14H21N3O4. The molecule has 0 aliphatic carbocycles. The average Bonchev–Trinajstić information content (AvgIpc) is 2.49. The Balaban J connectivity index is 2.46. The van der Waals surface area contributed by atoms with Gasteiger partial charge in [-0.1, -0.05) is 6.92 Å². The molecule has 0 bridgehead atoms. The summed E-state index contributed by atoms with van der Waals surface area (Å²) in [6, 6.07) is 4.60. The summed E-state index contributed by atoms with van der Waals surface area (Å²) in [4.78, 5) is 21.8. The third-order valence-corrected chi connectivity index (χ3v) is 2.83. The van der Waals surface area contributed by atoms with Crippen LogP contribution in [0.2, 0.25) is 0 Å². The van der Waals surface area contributed by atoms with Gasteiger partial charge in [-0.15, -0.1) is 0 Å². The second-order valence-electron chi connectivity index (χ2n) is 4.57. The van der Waals surface area contributed by atoms with Crippen molar-refractivity contribution in [3.63, 3.8) is 0 Å². The van der Waals surface area contributed by atoms with E-state index in [1.165, 1.54) is 19.2 Å². The van der Waals surface area contributed by atoms with Gasteiger partial charge in [0.05, 0.1) is 18.1 Å². The van der Waals surface area contributed by atoms with E-state index in [9.17, 15) is 14.9 Å². The summed E-state index contributed by atoms with van der Waals surface area (Å²) in [6.45, 7) is 3.63. The van der Waals surface area contributed by atoms with E-state index in [4.69, 9.17) is 4.74 Å². The van der Waals surface area contributed by atoms with Crippen molar-refractivity contribution in [3.8, 4) is 5.75 Å². The quantitative estimate of drug-likeness (QED) is 0.410. The molecule has 2 N–H and O–H groups in total. The molecule has 0 radical (unpaired) electrons. The number of methoxy groups -OCH3 is 1. The van der Waals surface area contributed by atoms with Crippen molar-refractivity contribution in [3.05, 3.63) is 33.9 Å². The van der Waals surface area contributed by atoms with Crippen LogP contribution in [0.15, 0.2) is 18.2 Å². The number of nitro benzene ring substituents is 1. The van der Waals surface area contributed by atoms with Gasteiger partial charge in [0.15, 0.2) is 0 Å². The van der Waals surface area contributed by atoms with Crippen molar-refractivity contribution in [2.45, 2.75) is 26.3 Å². The molecule has 0 fully saturated rings. The first-order chi connectivity index (χ1) is 10.1. The van der Waals surface area contributed by atoms with Crippen LogP contribution in [0.3, 0.4) is 0 Å². The topological polar surface area (TPSA) is 93.5 Å². The minimum absolute atomic E-state index is 0.000901. The third-order valence-electron chi connectivity index (χ3n) is 2.83. The van der Waals surface area contributed by atoms with Crippen LogP contribution in [0.4, 0.5) is 5.69 Å². The number of hydrogen-bond acceptors (Lipinski definition) is 5. The van der Waals surface area contributed by atoms with Crippen molar-refractivity contribution in [2.24, 2.45) is 0 Å². The highest BCUT2D eigenvalue weighted by atomic mass is 16.6. The average molecular weight is 295 g/mol. The monoisotopic (exact) mass is 295 g/mol. The van der Waals surface area contributed by atoms with E-state index < -0.39 is 4.92 Å². The highest BCUT2D eigenvalue weighted by Gasteiger charge is 2.10. The highest BCUT2D eigenvalue weighted by molar-refractivity contribution is 5.75. The summed E-state index contributed by atoms with van der Waals surface area (Å²) < 4.78 is 5.04. The molecule has 1 amide bonds. The fraction of sp³-hybridized carbons (Fsp3) is 0.500. The van der Waals surface area contributed by atoms with Crippen molar-refractivity contribution in [1.29, 1.82) is 0 Å². The lowest BCUT2D eigenvalue weighted by Crippen LogP contribution is -2.28. The maximum atomic E-state index is 11.4. The summed E-state index contributed by atoms with van der Waals surface area (Å²) in [5.74, 6) is 0.447. The van der Waals surface area contributed by atoms with Crippen molar-refractivity contribution < 1.29 is 14.5 Å². The van der Waals surface area contributed by atoms with Crippen LogP contribution in [0.25, 0.3) is 0 Å². The van der Waals surface area contributed by atoms with Gasteiger partial charge in [0, 0.05) is 32.1 Å². The summed E-state index contributed by atoms with van der Waals surface area (Å²) >= 11 is 0. The predicted molar refractivity (Wildman–Crippen MR) is 79.3 cm³/mol. The van der Waals surface area contributed by atoms with E-state index in [2.05, 4.69) is 10.6 Å². The lowest BCUT2D eigenvalue weighted by Gasteiger charge is -2.07. The number of carbonyl (C=O) groups is 1. The molecule has 1 aromatic rings. The number of carbonyl (C=O) groups excluding carboxylic acids is 1. The smallest absolute Gasteiger partial charge is 0.273 e. The van der Waals surface area contributed by atoms with Gasteiger partial charge in [-0.05, 0) is 18.1 Å². The maximum absolute atomic E-state index is 11.4. The zero-order chi connectivity index (χ0) is 15.7. The Kier molecular flexibility index (Phi) is 7.17. The zero-order valence-electron chi connectivity index (χ0n) is 12.3. The molecule has 0 heterocycles. The van der Waals surface area contributed by atoms with E-state index in [1.807, 2.05) is 6.92 Å². The number of nitrogens with zero attached hydrogens (tertiary/aromatic N) is 1. The van der Waals surface area contributed by atoms with Gasteiger partial charge >= 0.3 is 0 Å². The van der Waals surface area contributed by atoms with Gasteiger partial charge in [0.1, 0.15) is 5.75 Å². The van der Waals surface area contributed by atoms with E-state index in [-0.39, 0.29) is 11.6 Å². The lowest BCUT2D eigenvalue weighted by atomic mass is 10.2. The van der Waals surface area contributed by atoms with Crippen LogP contribution in [0, 0.1) is 10.1 Å². The summed E-state index contributed by atoms with van der Waals surface area (Å²) in [7, 11) is 1.47. The second-order valence-corrected chi connectivity index (χ2v) is 4.57. The number of nitrogens with one attached hydrogen (secondary N) is 2. The molecule has 0 saturated carbocycles. The molecule has 116 valence electrons. The van der Waals surface area contributed by atoms with Gasteiger partial charge in [-0.3, -0.25) is 14.9 Å². The van der Waals surface area contributed by atoms with Gasteiger partial charge in [-0.2, -0.15) is 0 Å². The van der Waals surface area contributed by atoms with E-state index >= 15 is 0 Å². The summed E-state index contributed by atoms with van der Waals surface area (Å²) in [5, 5.41) is 16.7. The van der Waals surface area contributed by atoms with Crippen LogP contribution >= 0.6 is 0 Å². The molecule has 21 heavy (non-hydrogen) atoms. The maximum Gasteiger partial charge on any atom is 0.273 e. The molecular weight excluding hydrogens is 274 g/mol. The molecule has 7 heteroatoms. The standard InChI is InChI=1S/C14H21N3O4/c1-3-5-16-14(18)4-6-15-10-11-7-12(17(19)20)9-13(8-11)21-2/h7-9,15H,3-6,10H2,1-2H3,(H,16,18). The second kappa shape index (κ2) is 8.91. The third kappa shape index (κ3) is 6.22. The minimum atomic E-state index is -0.454. The Morgan fingerprint density at radius 1 is 1.33 bits per heavy atom. The van der Waals surface area contributed by atoms with E-state index in [0.29, 0.717) is 31.8 Å². The lowest BCUT2D eigenvalue weighted by molar-refractivity contribution is -0.385. The van der Waals surface area contributed by atoms with Crippen molar-refractivity contribution in [2.75, 3.05) is 20.2 Å². The number of ether oxygens (including phenoxy) is 1. The Labute approximate surface area is 123 Å². The number of rotatable bonds is 9. The van der Waals surface area contributed by atoms with Crippen LogP contribution < -0.4 is 15.4 Å². The first-order valence-corrected chi connectivity index (χ1v) is 6.86. The Hall–Kier alpha value is -2.15. The van der Waals surface area contributed by atoms with Gasteiger partial charge in [-0.25, -0.2) is 0 Å². The van der Waals surface area contributed by atoms with Crippen LogP contribution in [0.1, 0.15) is 25.3 Å². The van der Waals surface area contributed by atoms with Gasteiger partial charge in [0.2, 0.25) is 5.91 Å². The molecule has 0 aliphatic rings. The normalized spacial score (nSPS) is 10.2. The molecule has 0 saturated heterocycles. The van der Waals surface area contributed by atoms with Gasteiger partial charge in [0.25, 0.3) is 5.69 Å². The molecule has 0 aromatic heterocycles. The number of hydrogen-bond donors (Lipinski definition) is 2. The Morgan fingerprint density at radius 3 is 2.71 bits per heavy atom. The van der Waals surface area contributed by atoms with Crippen molar-refractivity contribution >= 4 is 11.6 Å². The van der Waals surface area contributed by atoms with Crippen molar-refractivity contribution in [1.82, 2.24) is 10.6 Å². The van der Waals surface area contributed by atoms with Gasteiger partial charge < -0.3 is 15.4 Å². The summed E-state index contributed by atoms with van der Waals surface area (Å²) in [5.41, 5.74) is 0.738. The number of benzene rings is 1. The fourth-order valence-electron chi connectivity index (χ4n) is 1.76. The molecule has 7 nitrogen and oxygen atoms in total. The minimum Gasteiger partial charge on any atom is -0.496 e. The SMILES string of the molecule is CCCNC(=O)CCNCc1cc(OC)cc([N+](=O)[O-])c1. The molecule has 0 atom stereocenters. The molecule has 0 aliphatic heterocycles. The Bertz CT molecular complexity index is 491. The van der Waals surface area contributed by atoms with Crippen LogP contribution in [-0.2, 0) is 11.3 Å². The van der Waals surface area contributed by atoms with E-state index in [1.54, 1.807) is 6.07 Å². The molecule has 1 rings (SSSR count). The number of nitro groups is 1. The van der Waals surface area contributed by atoms with Crippen LogP contribution in [0.5, 0.6) is 5.75 Å². The highest BCUT2D eigenvalue weighted by Crippen LogP contribution is 2.22. The molecule has 0 unspecified atom stereocenters. The number of non-ortho nitro benzene ring substituents is 1. The Morgan fingerprint density at radius 2 is 2.10 bits per heavy atom. The first kappa shape index (κ1) is 16.9. The zero-order valence-corrected chi connectivity index (χ0v) is 12.3. The molecule has 1 aromatic carbocycles. The fourth-order valence-corrected chi connectivity index (χ4v) is 1.76. The summed E-state index contributed by atoms with van der Waals surface area (Å²) in [6.07, 6.45) is 1.29. The molecule has 0 spiro atoms. The first-order valence-electron chi connectivity index (χ1n) is 6.86. The predicted octanol–water partition coefficient (Wildman–Crippen LogP) is 1.61.